The van der Waals surface area contributed by atoms with Gasteiger partial charge >= 0.3 is 0 Å². The lowest BCUT2D eigenvalue weighted by Crippen LogP contribution is -2.38. The van der Waals surface area contributed by atoms with Gasteiger partial charge in [0.05, 0.1) is 5.25 Å². The number of aromatic nitrogens is 2. The van der Waals surface area contributed by atoms with Gasteiger partial charge in [-0.05, 0) is 42.4 Å². The zero-order valence-electron chi connectivity index (χ0n) is 12.9. The Morgan fingerprint density at radius 1 is 1.30 bits per heavy atom. The summed E-state index contributed by atoms with van der Waals surface area (Å²) in [6, 6.07) is 7.48. The van der Waals surface area contributed by atoms with Crippen LogP contribution in [0.5, 0.6) is 0 Å². The molecule has 0 spiro atoms. The SMILES string of the molecule is CN(C(=O)[C@H]1CCCS1)[C@H](c1ccc(F)cc1)c1ncccn1. The van der Waals surface area contributed by atoms with Crippen molar-refractivity contribution >= 4 is 17.7 Å². The molecule has 1 aromatic heterocycles. The zero-order valence-corrected chi connectivity index (χ0v) is 13.7. The maximum Gasteiger partial charge on any atom is 0.236 e. The van der Waals surface area contributed by atoms with E-state index in [1.807, 2.05) is 0 Å². The van der Waals surface area contributed by atoms with Crippen molar-refractivity contribution < 1.29 is 9.18 Å². The maximum absolute atomic E-state index is 13.2. The highest BCUT2D eigenvalue weighted by Gasteiger charge is 2.32. The first-order valence-corrected chi connectivity index (χ1v) is 8.62. The van der Waals surface area contributed by atoms with Gasteiger partial charge in [-0.1, -0.05) is 12.1 Å². The Bertz CT molecular complexity index is 659. The third kappa shape index (κ3) is 3.52. The minimum Gasteiger partial charge on any atom is -0.330 e. The van der Waals surface area contributed by atoms with Crippen molar-refractivity contribution in [3.63, 3.8) is 0 Å². The Morgan fingerprint density at radius 2 is 2.00 bits per heavy atom. The van der Waals surface area contributed by atoms with Crippen molar-refractivity contribution in [1.82, 2.24) is 14.9 Å². The first-order chi connectivity index (χ1) is 11.2. The number of nitrogens with zero attached hydrogens (tertiary/aromatic N) is 3. The molecule has 1 aromatic carbocycles. The van der Waals surface area contributed by atoms with Crippen LogP contribution in [0.3, 0.4) is 0 Å². The number of rotatable bonds is 4. The van der Waals surface area contributed by atoms with Crippen LogP contribution in [0.4, 0.5) is 4.39 Å². The van der Waals surface area contributed by atoms with Crippen molar-refractivity contribution in [2.45, 2.75) is 24.1 Å². The third-order valence-electron chi connectivity index (χ3n) is 3.96. The van der Waals surface area contributed by atoms with Gasteiger partial charge in [0.15, 0.2) is 5.82 Å². The lowest BCUT2D eigenvalue weighted by molar-refractivity contribution is -0.131. The van der Waals surface area contributed by atoms with E-state index < -0.39 is 6.04 Å². The number of hydrogen-bond donors (Lipinski definition) is 0. The standard InChI is InChI=1S/C17H18FN3OS/c1-21(17(22)14-4-2-11-23-14)15(16-19-9-3-10-20-16)12-5-7-13(18)8-6-12/h3,5-10,14-15H,2,4,11H2,1H3/t14-,15-/m1/s1. The second-order valence-electron chi connectivity index (χ2n) is 5.51. The number of benzene rings is 1. The number of hydrogen-bond acceptors (Lipinski definition) is 4. The summed E-state index contributed by atoms with van der Waals surface area (Å²) in [7, 11) is 1.77. The lowest BCUT2D eigenvalue weighted by atomic mass is 10.0. The third-order valence-corrected chi connectivity index (χ3v) is 5.32. The van der Waals surface area contributed by atoms with Crippen LogP contribution in [0.25, 0.3) is 0 Å². The minimum atomic E-state index is -0.412. The van der Waals surface area contributed by atoms with Gasteiger partial charge in [0, 0.05) is 19.4 Å². The molecule has 1 fully saturated rings. The Balaban J connectivity index is 1.94. The van der Waals surface area contributed by atoms with Gasteiger partial charge in [0.2, 0.25) is 5.91 Å². The quantitative estimate of drug-likeness (QED) is 0.864. The van der Waals surface area contributed by atoms with Crippen molar-refractivity contribution in [2.75, 3.05) is 12.8 Å². The average molecular weight is 331 g/mol. The smallest absolute Gasteiger partial charge is 0.236 e. The first-order valence-electron chi connectivity index (χ1n) is 7.57. The fourth-order valence-electron chi connectivity index (χ4n) is 2.77. The molecular weight excluding hydrogens is 313 g/mol. The summed E-state index contributed by atoms with van der Waals surface area (Å²) in [6.07, 6.45) is 5.28. The Labute approximate surface area is 139 Å². The fraction of sp³-hybridized carbons (Fsp3) is 0.353. The molecule has 0 radical (unpaired) electrons. The second-order valence-corrected chi connectivity index (χ2v) is 6.82. The molecule has 0 aliphatic carbocycles. The van der Waals surface area contributed by atoms with Gasteiger partial charge in [-0.3, -0.25) is 4.79 Å². The summed E-state index contributed by atoms with van der Waals surface area (Å²) < 4.78 is 13.2. The van der Waals surface area contributed by atoms with E-state index in [9.17, 15) is 9.18 Å². The largest absolute Gasteiger partial charge is 0.330 e. The molecule has 2 aromatic rings. The summed E-state index contributed by atoms with van der Waals surface area (Å²) in [5, 5.41) is -0.00772. The highest BCUT2D eigenvalue weighted by Crippen LogP contribution is 2.32. The number of thioether (sulfide) groups is 1. The molecule has 0 bridgehead atoms. The lowest BCUT2D eigenvalue weighted by Gasteiger charge is -2.29. The maximum atomic E-state index is 13.2. The van der Waals surface area contributed by atoms with Gasteiger partial charge < -0.3 is 4.90 Å². The van der Waals surface area contributed by atoms with E-state index in [4.69, 9.17) is 0 Å². The van der Waals surface area contributed by atoms with Gasteiger partial charge in [-0.15, -0.1) is 11.8 Å². The molecule has 6 heteroatoms. The van der Waals surface area contributed by atoms with Crippen molar-refractivity contribution in [2.24, 2.45) is 0 Å². The molecule has 4 nitrogen and oxygen atoms in total. The molecule has 0 unspecified atom stereocenters. The molecule has 1 aliphatic heterocycles. The van der Waals surface area contributed by atoms with Crippen molar-refractivity contribution in [3.05, 3.63) is 59.9 Å². The van der Waals surface area contributed by atoms with Gasteiger partial charge in [-0.25, -0.2) is 14.4 Å². The number of halogens is 1. The molecule has 0 saturated carbocycles. The molecule has 2 atom stereocenters. The summed E-state index contributed by atoms with van der Waals surface area (Å²) in [4.78, 5) is 23.1. The molecule has 1 saturated heterocycles. The second kappa shape index (κ2) is 7.08. The number of carbonyl (C=O) groups is 1. The monoisotopic (exact) mass is 331 g/mol. The predicted molar refractivity (Wildman–Crippen MR) is 88.5 cm³/mol. The first kappa shape index (κ1) is 15.9. The predicted octanol–water partition coefficient (Wildman–Crippen LogP) is 3.06. The summed E-state index contributed by atoms with van der Waals surface area (Å²) in [5.41, 5.74) is 0.802. The van der Waals surface area contributed by atoms with Crippen molar-refractivity contribution in [1.29, 1.82) is 0 Å². The van der Waals surface area contributed by atoms with Gasteiger partial charge in [0.1, 0.15) is 11.9 Å². The Kier molecular flexibility index (Phi) is 4.91. The van der Waals surface area contributed by atoms with Crippen LogP contribution in [-0.2, 0) is 4.79 Å². The van der Waals surface area contributed by atoms with Crippen LogP contribution in [0, 0.1) is 5.82 Å². The molecule has 2 heterocycles. The van der Waals surface area contributed by atoms with E-state index in [0.717, 1.165) is 24.2 Å². The topological polar surface area (TPSA) is 46.1 Å². The van der Waals surface area contributed by atoms with Crippen LogP contribution in [0.2, 0.25) is 0 Å². The molecule has 1 amide bonds. The Morgan fingerprint density at radius 3 is 2.61 bits per heavy atom. The summed E-state index contributed by atoms with van der Waals surface area (Å²) in [5.74, 6) is 1.34. The van der Waals surface area contributed by atoms with Crippen LogP contribution < -0.4 is 0 Å². The molecule has 120 valence electrons. The van der Waals surface area contributed by atoms with Gasteiger partial charge in [-0.2, -0.15) is 0 Å². The van der Waals surface area contributed by atoms with E-state index in [-0.39, 0.29) is 17.0 Å². The molecule has 0 N–H and O–H groups in total. The molecular formula is C17H18FN3OS. The summed E-state index contributed by atoms with van der Waals surface area (Å²) in [6.45, 7) is 0. The van der Waals surface area contributed by atoms with Crippen LogP contribution in [0.1, 0.15) is 30.3 Å². The van der Waals surface area contributed by atoms with E-state index in [1.54, 1.807) is 54.3 Å². The van der Waals surface area contributed by atoms with Gasteiger partial charge in [0.25, 0.3) is 0 Å². The fourth-order valence-corrected chi connectivity index (χ4v) is 4.03. The number of carbonyl (C=O) groups excluding carboxylic acids is 1. The van der Waals surface area contributed by atoms with Crippen molar-refractivity contribution in [3.8, 4) is 0 Å². The van der Waals surface area contributed by atoms with E-state index in [2.05, 4.69) is 9.97 Å². The van der Waals surface area contributed by atoms with E-state index in [0.29, 0.717) is 5.82 Å². The molecule has 23 heavy (non-hydrogen) atoms. The van der Waals surface area contributed by atoms with Crippen LogP contribution in [0.15, 0.2) is 42.7 Å². The normalized spacial score (nSPS) is 18.6. The highest BCUT2D eigenvalue weighted by molar-refractivity contribution is 8.00. The highest BCUT2D eigenvalue weighted by atomic mass is 32.2. The van der Waals surface area contributed by atoms with Crippen LogP contribution >= 0.6 is 11.8 Å². The zero-order chi connectivity index (χ0) is 16.2. The van der Waals surface area contributed by atoms with E-state index in [1.165, 1.54) is 12.1 Å². The molecule has 3 rings (SSSR count). The molecule has 1 aliphatic rings. The average Bonchev–Trinajstić information content (AvgIpc) is 3.11. The van der Waals surface area contributed by atoms with E-state index >= 15 is 0 Å². The summed E-state index contributed by atoms with van der Waals surface area (Å²) >= 11 is 1.70. The number of amides is 1. The Hall–Kier alpha value is -1.95. The minimum absolute atomic E-state index is 0.00772. The van der Waals surface area contributed by atoms with Crippen LogP contribution in [-0.4, -0.2) is 38.8 Å².